The molecule has 0 atom stereocenters. The van der Waals surface area contributed by atoms with Gasteiger partial charge in [0.05, 0.1) is 5.69 Å². The minimum atomic E-state index is -0.274. The highest BCUT2D eigenvalue weighted by molar-refractivity contribution is 6.34. The maximum absolute atomic E-state index is 11.3. The van der Waals surface area contributed by atoms with Gasteiger partial charge in [-0.05, 0) is 18.6 Å². The van der Waals surface area contributed by atoms with Crippen LogP contribution in [0.15, 0.2) is 18.2 Å². The Balaban J connectivity index is 2.64. The zero-order valence-electron chi connectivity index (χ0n) is 8.63. The number of hydrogen-bond donors (Lipinski definition) is 1. The van der Waals surface area contributed by atoms with Crippen molar-refractivity contribution in [1.82, 2.24) is 0 Å². The summed E-state index contributed by atoms with van der Waals surface area (Å²) in [7, 11) is 0. The average molecular weight is 228 g/mol. The van der Waals surface area contributed by atoms with Crippen LogP contribution in [0.25, 0.3) is 0 Å². The fourth-order valence-corrected chi connectivity index (χ4v) is 1.27. The summed E-state index contributed by atoms with van der Waals surface area (Å²) in [5.74, 6) is 0.0575. The lowest BCUT2D eigenvalue weighted by Crippen LogP contribution is -2.08. The number of esters is 1. The number of unbranched alkanes of at least 4 members (excludes halogenated alkanes) is 1. The minimum Gasteiger partial charge on any atom is -0.425 e. The second-order valence-electron chi connectivity index (χ2n) is 3.24. The van der Waals surface area contributed by atoms with Gasteiger partial charge in [0.1, 0.15) is 5.02 Å². The number of hydrogen-bond acceptors (Lipinski definition) is 3. The third kappa shape index (κ3) is 3.44. The van der Waals surface area contributed by atoms with Crippen molar-refractivity contribution >= 4 is 23.3 Å². The van der Waals surface area contributed by atoms with Gasteiger partial charge in [0.15, 0.2) is 5.75 Å². The Bertz CT molecular complexity index is 352. The first-order chi connectivity index (χ1) is 7.15. The summed E-state index contributed by atoms with van der Waals surface area (Å²) in [6.45, 7) is 2.01. The third-order valence-electron chi connectivity index (χ3n) is 1.95. The van der Waals surface area contributed by atoms with Gasteiger partial charge in [-0.2, -0.15) is 0 Å². The number of benzene rings is 1. The van der Waals surface area contributed by atoms with Gasteiger partial charge in [-0.15, -0.1) is 0 Å². The quantitative estimate of drug-likeness (QED) is 0.489. The predicted molar refractivity (Wildman–Crippen MR) is 61.0 cm³/mol. The molecule has 0 amide bonds. The molecule has 0 bridgehead atoms. The molecule has 0 aliphatic heterocycles. The normalized spacial score (nSPS) is 10.0. The number of halogens is 1. The zero-order valence-corrected chi connectivity index (χ0v) is 9.38. The molecule has 0 unspecified atom stereocenters. The van der Waals surface area contributed by atoms with E-state index in [2.05, 4.69) is 0 Å². The van der Waals surface area contributed by atoms with E-state index in [4.69, 9.17) is 22.1 Å². The van der Waals surface area contributed by atoms with Crippen LogP contribution in [0.2, 0.25) is 5.02 Å². The molecule has 0 fully saturated rings. The number of rotatable bonds is 4. The molecule has 1 aromatic carbocycles. The Morgan fingerprint density at radius 1 is 1.53 bits per heavy atom. The van der Waals surface area contributed by atoms with Crippen molar-refractivity contribution in [2.75, 3.05) is 5.73 Å². The molecule has 0 spiro atoms. The fourth-order valence-electron chi connectivity index (χ4n) is 1.10. The van der Waals surface area contributed by atoms with Crippen LogP contribution < -0.4 is 10.5 Å². The summed E-state index contributed by atoms with van der Waals surface area (Å²) in [4.78, 5) is 11.3. The first-order valence-electron chi connectivity index (χ1n) is 4.89. The molecule has 2 N–H and O–H groups in total. The van der Waals surface area contributed by atoms with E-state index in [9.17, 15) is 4.79 Å². The highest BCUT2D eigenvalue weighted by Crippen LogP contribution is 2.29. The largest absolute Gasteiger partial charge is 0.425 e. The lowest BCUT2D eigenvalue weighted by atomic mass is 10.2. The second-order valence-corrected chi connectivity index (χ2v) is 3.61. The predicted octanol–water partition coefficient (Wildman–Crippen LogP) is 3.02. The summed E-state index contributed by atoms with van der Waals surface area (Å²) in [5, 5.41) is 0.294. The van der Waals surface area contributed by atoms with Crippen molar-refractivity contribution in [1.29, 1.82) is 0 Å². The van der Waals surface area contributed by atoms with Crippen LogP contribution in [-0.2, 0) is 4.79 Å². The fraction of sp³-hybridized carbons (Fsp3) is 0.364. The molecule has 4 heteroatoms. The van der Waals surface area contributed by atoms with Gasteiger partial charge in [0, 0.05) is 6.42 Å². The number of nitrogen functional groups attached to an aromatic ring is 1. The summed E-state index contributed by atoms with van der Waals surface area (Å²) in [6, 6.07) is 4.98. The molecule has 1 aromatic rings. The maximum atomic E-state index is 11.3. The van der Waals surface area contributed by atoms with Gasteiger partial charge < -0.3 is 10.5 Å². The Labute approximate surface area is 94.2 Å². The molecule has 0 aliphatic carbocycles. The van der Waals surface area contributed by atoms with E-state index >= 15 is 0 Å². The molecular formula is C11H14ClNO2. The van der Waals surface area contributed by atoms with Crippen LogP contribution in [-0.4, -0.2) is 5.97 Å². The third-order valence-corrected chi connectivity index (χ3v) is 2.36. The summed E-state index contributed by atoms with van der Waals surface area (Å²) in [5.41, 5.74) is 5.99. The number of anilines is 1. The molecule has 1 rings (SSSR count). The summed E-state index contributed by atoms with van der Waals surface area (Å²) >= 11 is 5.87. The van der Waals surface area contributed by atoms with Crippen LogP contribution in [0, 0.1) is 0 Å². The van der Waals surface area contributed by atoms with Crippen LogP contribution in [0.3, 0.4) is 0 Å². The summed E-state index contributed by atoms with van der Waals surface area (Å²) in [6.07, 6.45) is 2.18. The first kappa shape index (κ1) is 11.9. The zero-order chi connectivity index (χ0) is 11.3. The Morgan fingerprint density at radius 2 is 2.27 bits per heavy atom. The Hall–Kier alpha value is -1.22. The van der Waals surface area contributed by atoms with E-state index in [-0.39, 0.29) is 5.97 Å². The number of carbonyl (C=O) groups is 1. The molecule has 0 radical (unpaired) electrons. The van der Waals surface area contributed by atoms with Gasteiger partial charge in [-0.3, -0.25) is 4.79 Å². The van der Waals surface area contributed by atoms with Crippen LogP contribution in [0.1, 0.15) is 26.2 Å². The maximum Gasteiger partial charge on any atom is 0.311 e. The van der Waals surface area contributed by atoms with Gasteiger partial charge in [0.2, 0.25) is 0 Å². The topological polar surface area (TPSA) is 52.3 Å². The lowest BCUT2D eigenvalue weighted by Gasteiger charge is -2.06. The van der Waals surface area contributed by atoms with Gasteiger partial charge >= 0.3 is 5.97 Å². The van der Waals surface area contributed by atoms with E-state index < -0.39 is 0 Å². The highest BCUT2D eigenvalue weighted by atomic mass is 35.5. The number of ether oxygens (including phenoxy) is 1. The lowest BCUT2D eigenvalue weighted by molar-refractivity contribution is -0.134. The van der Waals surface area contributed by atoms with E-state index in [1.54, 1.807) is 18.2 Å². The van der Waals surface area contributed by atoms with E-state index in [1.807, 2.05) is 6.92 Å². The molecule has 0 heterocycles. The van der Waals surface area contributed by atoms with Gasteiger partial charge in [0.25, 0.3) is 0 Å². The standard InChI is InChI=1S/C11H14ClNO2/c1-2-3-7-10(14)15-9-6-4-5-8(13)11(9)12/h4-6H,2-3,7,13H2,1H3. The molecular weight excluding hydrogens is 214 g/mol. The molecule has 82 valence electrons. The minimum absolute atomic E-state index is 0.274. The van der Waals surface area contributed by atoms with Crippen LogP contribution >= 0.6 is 11.6 Å². The highest BCUT2D eigenvalue weighted by Gasteiger charge is 2.09. The van der Waals surface area contributed by atoms with Crippen molar-refractivity contribution in [2.24, 2.45) is 0 Å². The number of carbonyl (C=O) groups excluding carboxylic acids is 1. The average Bonchev–Trinajstić information content (AvgIpc) is 2.22. The van der Waals surface area contributed by atoms with Crippen molar-refractivity contribution < 1.29 is 9.53 Å². The van der Waals surface area contributed by atoms with E-state index in [1.165, 1.54) is 0 Å². The van der Waals surface area contributed by atoms with Gasteiger partial charge in [-0.25, -0.2) is 0 Å². The van der Waals surface area contributed by atoms with Crippen molar-refractivity contribution in [3.8, 4) is 5.75 Å². The molecule has 0 aliphatic rings. The Kier molecular flexibility index (Phi) is 4.43. The van der Waals surface area contributed by atoms with E-state index in [0.717, 1.165) is 12.8 Å². The molecule has 3 nitrogen and oxygen atoms in total. The smallest absolute Gasteiger partial charge is 0.311 e. The van der Waals surface area contributed by atoms with Gasteiger partial charge in [-0.1, -0.05) is 31.0 Å². The first-order valence-corrected chi connectivity index (χ1v) is 5.27. The number of nitrogens with two attached hydrogens (primary N) is 1. The SMILES string of the molecule is CCCCC(=O)Oc1cccc(N)c1Cl. The molecule has 0 aromatic heterocycles. The Morgan fingerprint density at radius 3 is 2.93 bits per heavy atom. The second kappa shape index (κ2) is 5.61. The van der Waals surface area contributed by atoms with Crippen LogP contribution in [0.4, 0.5) is 5.69 Å². The molecule has 0 saturated carbocycles. The van der Waals surface area contributed by atoms with E-state index in [0.29, 0.717) is 22.9 Å². The van der Waals surface area contributed by atoms with Crippen molar-refractivity contribution in [3.05, 3.63) is 23.2 Å². The molecule has 0 saturated heterocycles. The van der Waals surface area contributed by atoms with Crippen molar-refractivity contribution in [2.45, 2.75) is 26.2 Å². The molecule has 15 heavy (non-hydrogen) atoms. The summed E-state index contributed by atoms with van der Waals surface area (Å²) < 4.78 is 5.08. The van der Waals surface area contributed by atoms with Crippen molar-refractivity contribution in [3.63, 3.8) is 0 Å². The van der Waals surface area contributed by atoms with Crippen LogP contribution in [0.5, 0.6) is 5.75 Å². The monoisotopic (exact) mass is 227 g/mol.